The van der Waals surface area contributed by atoms with E-state index in [1.807, 2.05) is 0 Å². The summed E-state index contributed by atoms with van der Waals surface area (Å²) < 4.78 is 5.14. The molecular weight excluding hydrogens is 240 g/mol. The molecule has 0 spiro atoms. The molecule has 0 saturated heterocycles. The van der Waals surface area contributed by atoms with Gasteiger partial charge in [0.1, 0.15) is 5.75 Å². The van der Waals surface area contributed by atoms with Gasteiger partial charge in [0, 0.05) is 22.9 Å². The SMILES string of the molecule is COc1cc(N)cc(C(=O)NC2(C)CCCCC2)c1. The minimum atomic E-state index is -0.0901. The molecule has 3 N–H and O–H groups in total. The van der Waals surface area contributed by atoms with Crippen LogP contribution in [0.3, 0.4) is 0 Å². The van der Waals surface area contributed by atoms with Crippen LogP contribution < -0.4 is 15.8 Å². The number of amides is 1. The summed E-state index contributed by atoms with van der Waals surface area (Å²) in [6.45, 7) is 2.12. The van der Waals surface area contributed by atoms with E-state index in [0.29, 0.717) is 17.0 Å². The van der Waals surface area contributed by atoms with Crippen molar-refractivity contribution in [2.45, 2.75) is 44.6 Å². The average Bonchev–Trinajstić information content (AvgIpc) is 2.38. The van der Waals surface area contributed by atoms with E-state index < -0.39 is 0 Å². The van der Waals surface area contributed by atoms with Crippen molar-refractivity contribution in [1.29, 1.82) is 0 Å². The lowest BCUT2D eigenvalue weighted by molar-refractivity contribution is 0.0882. The van der Waals surface area contributed by atoms with E-state index in [-0.39, 0.29) is 11.4 Å². The Morgan fingerprint density at radius 2 is 1.95 bits per heavy atom. The molecule has 1 aromatic rings. The predicted octanol–water partition coefficient (Wildman–Crippen LogP) is 2.73. The second-order valence-corrected chi connectivity index (χ2v) is 5.57. The minimum Gasteiger partial charge on any atom is -0.497 e. The van der Waals surface area contributed by atoms with Gasteiger partial charge >= 0.3 is 0 Å². The number of nitrogens with two attached hydrogens (primary N) is 1. The molecule has 0 unspecified atom stereocenters. The van der Waals surface area contributed by atoms with Gasteiger partial charge in [-0.05, 0) is 31.9 Å². The number of hydrogen-bond donors (Lipinski definition) is 2. The maximum absolute atomic E-state index is 12.3. The first kappa shape index (κ1) is 13.7. The first-order chi connectivity index (χ1) is 9.02. The number of ether oxygens (including phenoxy) is 1. The lowest BCUT2D eigenvalue weighted by atomic mass is 9.83. The Morgan fingerprint density at radius 1 is 1.26 bits per heavy atom. The normalized spacial score (nSPS) is 17.8. The average molecular weight is 262 g/mol. The van der Waals surface area contributed by atoms with Crippen LogP contribution in [0.5, 0.6) is 5.75 Å². The molecule has 1 aliphatic carbocycles. The summed E-state index contributed by atoms with van der Waals surface area (Å²) >= 11 is 0. The monoisotopic (exact) mass is 262 g/mol. The summed E-state index contributed by atoms with van der Waals surface area (Å²) in [5.41, 5.74) is 6.79. The summed E-state index contributed by atoms with van der Waals surface area (Å²) in [5.74, 6) is 0.536. The zero-order valence-corrected chi connectivity index (χ0v) is 11.7. The quantitative estimate of drug-likeness (QED) is 0.823. The summed E-state index contributed by atoms with van der Waals surface area (Å²) in [6.07, 6.45) is 5.70. The van der Waals surface area contributed by atoms with Crippen LogP contribution in [0.25, 0.3) is 0 Å². The molecule has 2 rings (SSSR count). The second-order valence-electron chi connectivity index (χ2n) is 5.57. The molecule has 4 heteroatoms. The molecular formula is C15H22N2O2. The summed E-state index contributed by atoms with van der Waals surface area (Å²) in [4.78, 5) is 12.3. The van der Waals surface area contributed by atoms with Crippen LogP contribution in [0.1, 0.15) is 49.4 Å². The van der Waals surface area contributed by atoms with Crippen LogP contribution in [-0.4, -0.2) is 18.6 Å². The van der Waals surface area contributed by atoms with E-state index in [0.717, 1.165) is 12.8 Å². The number of nitrogen functional groups attached to an aromatic ring is 1. The molecule has 1 amide bonds. The molecule has 0 aromatic heterocycles. The number of rotatable bonds is 3. The van der Waals surface area contributed by atoms with Crippen LogP contribution in [-0.2, 0) is 0 Å². The molecule has 0 bridgehead atoms. The fraction of sp³-hybridized carbons (Fsp3) is 0.533. The Kier molecular flexibility index (Phi) is 3.98. The predicted molar refractivity (Wildman–Crippen MR) is 76.4 cm³/mol. The van der Waals surface area contributed by atoms with Crippen molar-refractivity contribution in [3.8, 4) is 5.75 Å². The zero-order chi connectivity index (χ0) is 13.9. The van der Waals surface area contributed by atoms with Crippen molar-refractivity contribution in [2.24, 2.45) is 0 Å². The van der Waals surface area contributed by atoms with E-state index in [1.165, 1.54) is 19.3 Å². The molecule has 1 fully saturated rings. The Labute approximate surface area is 114 Å². The van der Waals surface area contributed by atoms with Gasteiger partial charge in [-0.2, -0.15) is 0 Å². The van der Waals surface area contributed by atoms with Gasteiger partial charge in [0.25, 0.3) is 5.91 Å². The maximum Gasteiger partial charge on any atom is 0.251 e. The van der Waals surface area contributed by atoms with Crippen LogP contribution in [0.2, 0.25) is 0 Å². The second kappa shape index (κ2) is 5.51. The summed E-state index contributed by atoms with van der Waals surface area (Å²) in [6, 6.07) is 5.11. The highest BCUT2D eigenvalue weighted by molar-refractivity contribution is 5.96. The third kappa shape index (κ3) is 3.40. The van der Waals surface area contributed by atoms with Crippen molar-refractivity contribution in [3.05, 3.63) is 23.8 Å². The summed E-state index contributed by atoms with van der Waals surface area (Å²) in [5, 5.41) is 3.14. The molecule has 0 radical (unpaired) electrons. The number of carbonyl (C=O) groups is 1. The fourth-order valence-corrected chi connectivity index (χ4v) is 2.67. The molecule has 0 atom stereocenters. The first-order valence-corrected chi connectivity index (χ1v) is 6.79. The van der Waals surface area contributed by atoms with Crippen LogP contribution >= 0.6 is 0 Å². The van der Waals surface area contributed by atoms with Gasteiger partial charge in [0.15, 0.2) is 0 Å². The molecule has 1 aromatic carbocycles. The van der Waals surface area contributed by atoms with E-state index in [1.54, 1.807) is 25.3 Å². The number of methoxy groups -OCH3 is 1. The van der Waals surface area contributed by atoms with Gasteiger partial charge in [-0.15, -0.1) is 0 Å². The van der Waals surface area contributed by atoms with Crippen molar-refractivity contribution in [3.63, 3.8) is 0 Å². The standard InChI is InChI=1S/C15H22N2O2/c1-15(6-4-3-5-7-15)17-14(18)11-8-12(16)10-13(9-11)19-2/h8-10H,3-7,16H2,1-2H3,(H,17,18). The van der Waals surface area contributed by atoms with Gasteiger partial charge in [-0.1, -0.05) is 19.3 Å². The van der Waals surface area contributed by atoms with Gasteiger partial charge in [0.2, 0.25) is 0 Å². The van der Waals surface area contributed by atoms with E-state index in [9.17, 15) is 4.79 Å². The fourth-order valence-electron chi connectivity index (χ4n) is 2.67. The molecule has 19 heavy (non-hydrogen) atoms. The van der Waals surface area contributed by atoms with Crippen molar-refractivity contribution in [1.82, 2.24) is 5.32 Å². The van der Waals surface area contributed by atoms with Gasteiger partial charge in [-0.3, -0.25) is 4.79 Å². The first-order valence-electron chi connectivity index (χ1n) is 6.79. The number of carbonyl (C=O) groups excluding carboxylic acids is 1. The number of hydrogen-bond acceptors (Lipinski definition) is 3. The molecule has 104 valence electrons. The van der Waals surface area contributed by atoms with Gasteiger partial charge < -0.3 is 15.8 Å². The highest BCUT2D eigenvalue weighted by atomic mass is 16.5. The largest absolute Gasteiger partial charge is 0.497 e. The van der Waals surface area contributed by atoms with Crippen LogP contribution in [0, 0.1) is 0 Å². The lowest BCUT2D eigenvalue weighted by Crippen LogP contribution is -2.47. The van der Waals surface area contributed by atoms with E-state index >= 15 is 0 Å². The smallest absolute Gasteiger partial charge is 0.251 e. The maximum atomic E-state index is 12.3. The Hall–Kier alpha value is -1.71. The zero-order valence-electron chi connectivity index (χ0n) is 11.7. The van der Waals surface area contributed by atoms with E-state index in [4.69, 9.17) is 10.5 Å². The number of anilines is 1. The van der Waals surface area contributed by atoms with E-state index in [2.05, 4.69) is 12.2 Å². The molecule has 0 heterocycles. The summed E-state index contributed by atoms with van der Waals surface area (Å²) in [7, 11) is 1.57. The Bertz CT molecular complexity index is 465. The van der Waals surface area contributed by atoms with Crippen LogP contribution in [0.15, 0.2) is 18.2 Å². The number of benzene rings is 1. The molecule has 1 aliphatic rings. The Balaban J connectivity index is 2.13. The highest BCUT2D eigenvalue weighted by Crippen LogP contribution is 2.28. The molecule has 1 saturated carbocycles. The van der Waals surface area contributed by atoms with Crippen molar-refractivity contribution < 1.29 is 9.53 Å². The Morgan fingerprint density at radius 3 is 2.58 bits per heavy atom. The highest BCUT2D eigenvalue weighted by Gasteiger charge is 2.28. The van der Waals surface area contributed by atoms with Crippen molar-refractivity contribution in [2.75, 3.05) is 12.8 Å². The third-order valence-corrected chi connectivity index (χ3v) is 3.80. The molecule has 0 aliphatic heterocycles. The van der Waals surface area contributed by atoms with Gasteiger partial charge in [-0.25, -0.2) is 0 Å². The van der Waals surface area contributed by atoms with Crippen molar-refractivity contribution >= 4 is 11.6 Å². The lowest BCUT2D eigenvalue weighted by Gasteiger charge is -2.34. The molecule has 4 nitrogen and oxygen atoms in total. The number of nitrogens with one attached hydrogen (secondary N) is 1. The third-order valence-electron chi connectivity index (χ3n) is 3.80. The minimum absolute atomic E-state index is 0.0741. The topological polar surface area (TPSA) is 64.3 Å². The van der Waals surface area contributed by atoms with Crippen LogP contribution in [0.4, 0.5) is 5.69 Å². The van der Waals surface area contributed by atoms with Gasteiger partial charge in [0.05, 0.1) is 7.11 Å².